The van der Waals surface area contributed by atoms with Crippen LogP contribution in [0, 0.1) is 0 Å². The number of carbonyl (C=O) groups excluding carboxylic acids is 2. The van der Waals surface area contributed by atoms with Gasteiger partial charge in [-0.3, -0.25) is 9.59 Å². The van der Waals surface area contributed by atoms with Gasteiger partial charge >= 0.3 is 5.97 Å². The lowest BCUT2D eigenvalue weighted by atomic mass is 10.1. The van der Waals surface area contributed by atoms with E-state index >= 15 is 0 Å². The largest absolute Gasteiger partial charge is 0.486 e. The zero-order valence-corrected chi connectivity index (χ0v) is 17.9. The molecule has 162 valence electrons. The van der Waals surface area contributed by atoms with Crippen molar-refractivity contribution in [3.63, 3.8) is 0 Å². The monoisotopic (exact) mass is 463 g/mol. The number of aromatic nitrogens is 2. The predicted octanol–water partition coefficient (Wildman–Crippen LogP) is 1.56. The van der Waals surface area contributed by atoms with Crippen molar-refractivity contribution in [2.45, 2.75) is 17.9 Å². The number of sulfonamides is 1. The third kappa shape index (κ3) is 4.50. The van der Waals surface area contributed by atoms with E-state index in [-0.39, 0.29) is 16.0 Å². The average Bonchev–Trinajstić information content (AvgIpc) is 3.25. The van der Waals surface area contributed by atoms with Gasteiger partial charge in [-0.05, 0) is 37.3 Å². The molecule has 0 aliphatic carbocycles. The third-order valence-electron chi connectivity index (χ3n) is 4.43. The van der Waals surface area contributed by atoms with Crippen molar-refractivity contribution in [2.24, 2.45) is 0 Å². The van der Waals surface area contributed by atoms with Crippen molar-refractivity contribution < 1.29 is 32.2 Å². The smallest absolute Gasteiger partial charge is 0.324 e. The van der Waals surface area contributed by atoms with Gasteiger partial charge in [0.2, 0.25) is 10.0 Å². The van der Waals surface area contributed by atoms with Gasteiger partial charge in [0.25, 0.3) is 0 Å². The predicted molar refractivity (Wildman–Crippen MR) is 110 cm³/mol. The maximum atomic E-state index is 12.7. The molecule has 12 heteroatoms. The number of hydrogen-bond acceptors (Lipinski definition) is 10. The SMILES string of the molecule is C[C@@H](NS(=O)(=O)c1cccc2nsnc12)C(=O)OCC(=O)c1ccc2c(c1)OCCO2. The Labute approximate surface area is 181 Å². The minimum Gasteiger partial charge on any atom is -0.486 e. The molecule has 0 fully saturated rings. The summed E-state index contributed by atoms with van der Waals surface area (Å²) in [6.07, 6.45) is 0. The first-order valence-electron chi connectivity index (χ1n) is 9.18. The van der Waals surface area contributed by atoms with Gasteiger partial charge in [-0.25, -0.2) is 8.42 Å². The molecule has 31 heavy (non-hydrogen) atoms. The zero-order chi connectivity index (χ0) is 22.0. The number of fused-ring (bicyclic) bond motifs is 2. The van der Waals surface area contributed by atoms with Crippen LogP contribution in [-0.2, 0) is 19.6 Å². The van der Waals surface area contributed by atoms with Crippen LogP contribution in [0.5, 0.6) is 11.5 Å². The Balaban J connectivity index is 1.38. The van der Waals surface area contributed by atoms with Crippen LogP contribution in [-0.4, -0.2) is 54.8 Å². The first-order valence-corrected chi connectivity index (χ1v) is 11.4. The number of nitrogens with one attached hydrogen (secondary N) is 1. The molecular formula is C19H17N3O7S2. The number of benzene rings is 2. The average molecular weight is 463 g/mol. The fraction of sp³-hybridized carbons (Fsp3) is 0.263. The second-order valence-corrected chi connectivity index (χ2v) is 8.83. The molecular weight excluding hydrogens is 446 g/mol. The summed E-state index contributed by atoms with van der Waals surface area (Å²) in [5, 5.41) is 0. The zero-order valence-electron chi connectivity index (χ0n) is 16.2. The van der Waals surface area contributed by atoms with Gasteiger partial charge in [-0.2, -0.15) is 13.5 Å². The molecule has 1 aromatic heterocycles. The molecule has 3 aromatic rings. The maximum Gasteiger partial charge on any atom is 0.324 e. The number of ketones is 1. The van der Waals surface area contributed by atoms with Crippen molar-refractivity contribution in [1.82, 2.24) is 13.5 Å². The van der Waals surface area contributed by atoms with Crippen molar-refractivity contribution in [1.29, 1.82) is 0 Å². The minimum absolute atomic E-state index is 0.0919. The Morgan fingerprint density at radius 2 is 1.94 bits per heavy atom. The summed E-state index contributed by atoms with van der Waals surface area (Å²) >= 11 is 0.888. The molecule has 0 saturated carbocycles. The summed E-state index contributed by atoms with van der Waals surface area (Å²) in [6, 6.07) is 7.98. The Morgan fingerprint density at radius 3 is 2.74 bits per heavy atom. The first kappa shape index (κ1) is 21.2. The highest BCUT2D eigenvalue weighted by molar-refractivity contribution is 7.89. The minimum atomic E-state index is -4.06. The van der Waals surface area contributed by atoms with E-state index in [1.165, 1.54) is 25.1 Å². The van der Waals surface area contributed by atoms with E-state index in [1.54, 1.807) is 18.2 Å². The number of carbonyl (C=O) groups is 2. The lowest BCUT2D eigenvalue weighted by Crippen LogP contribution is -2.40. The van der Waals surface area contributed by atoms with Crippen LogP contribution in [0.3, 0.4) is 0 Å². The molecule has 1 N–H and O–H groups in total. The van der Waals surface area contributed by atoms with Crippen LogP contribution in [0.25, 0.3) is 11.0 Å². The molecule has 0 bridgehead atoms. The number of hydrogen-bond donors (Lipinski definition) is 1. The summed E-state index contributed by atoms with van der Waals surface area (Å²) in [6.45, 7) is 1.59. The summed E-state index contributed by atoms with van der Waals surface area (Å²) in [7, 11) is -4.06. The molecule has 0 amide bonds. The molecule has 0 spiro atoms. The number of esters is 1. The quantitative estimate of drug-likeness (QED) is 0.409. The molecule has 1 aliphatic heterocycles. The van der Waals surface area contributed by atoms with E-state index in [0.717, 1.165) is 11.7 Å². The number of nitrogens with zero attached hydrogens (tertiary/aromatic N) is 2. The van der Waals surface area contributed by atoms with Crippen LogP contribution < -0.4 is 14.2 Å². The normalized spacial score (nSPS) is 14.2. The van der Waals surface area contributed by atoms with Gasteiger partial charge in [-0.15, -0.1) is 0 Å². The van der Waals surface area contributed by atoms with E-state index in [1.807, 2.05) is 0 Å². The van der Waals surface area contributed by atoms with Gasteiger partial charge in [0.05, 0.1) is 11.7 Å². The Bertz CT molecular complexity index is 1260. The summed E-state index contributed by atoms with van der Waals surface area (Å²) in [5.41, 5.74) is 0.940. The second kappa shape index (κ2) is 8.57. The Morgan fingerprint density at radius 1 is 1.16 bits per heavy atom. The summed E-state index contributed by atoms with van der Waals surface area (Å²) in [4.78, 5) is 24.5. The Hall–Kier alpha value is -3.09. The maximum absolute atomic E-state index is 12.7. The van der Waals surface area contributed by atoms with Crippen LogP contribution >= 0.6 is 11.7 Å². The number of ether oxygens (including phenoxy) is 3. The van der Waals surface area contributed by atoms with Crippen LogP contribution in [0.2, 0.25) is 0 Å². The van der Waals surface area contributed by atoms with E-state index in [9.17, 15) is 18.0 Å². The molecule has 2 heterocycles. The molecule has 1 aliphatic rings. The molecule has 0 radical (unpaired) electrons. The highest BCUT2D eigenvalue weighted by atomic mass is 32.2. The molecule has 0 saturated heterocycles. The standard InChI is InChI=1S/C19H17N3O7S2/c1-11(22-31(25,26)17-4-2-3-13-18(17)21-30-20-13)19(24)29-10-14(23)12-5-6-15-16(9-12)28-8-7-27-15/h2-6,9,11,22H,7-8,10H2,1H3/t11-/m1/s1. The van der Waals surface area contributed by atoms with E-state index in [2.05, 4.69) is 13.5 Å². The van der Waals surface area contributed by atoms with Gasteiger partial charge in [-0.1, -0.05) is 6.07 Å². The number of Topliss-reactive ketones (excluding diaryl/α,β-unsaturated/α-hetero) is 1. The van der Waals surface area contributed by atoms with Gasteiger partial charge < -0.3 is 14.2 Å². The van der Waals surface area contributed by atoms with Crippen LogP contribution in [0.4, 0.5) is 0 Å². The van der Waals surface area contributed by atoms with E-state index < -0.39 is 34.4 Å². The Kier molecular flexibility index (Phi) is 5.85. The van der Waals surface area contributed by atoms with Crippen LogP contribution in [0.15, 0.2) is 41.3 Å². The van der Waals surface area contributed by atoms with Crippen molar-refractivity contribution in [3.8, 4) is 11.5 Å². The third-order valence-corrected chi connectivity index (χ3v) is 6.55. The molecule has 10 nitrogen and oxygen atoms in total. The fourth-order valence-corrected chi connectivity index (χ4v) is 4.86. The van der Waals surface area contributed by atoms with Crippen molar-refractivity contribution in [3.05, 3.63) is 42.0 Å². The number of rotatable bonds is 7. The molecule has 1 atom stereocenters. The molecule has 4 rings (SSSR count). The van der Waals surface area contributed by atoms with E-state index in [4.69, 9.17) is 14.2 Å². The fourth-order valence-electron chi connectivity index (χ4n) is 2.90. The van der Waals surface area contributed by atoms with Crippen LogP contribution in [0.1, 0.15) is 17.3 Å². The van der Waals surface area contributed by atoms with Crippen molar-refractivity contribution >= 4 is 44.5 Å². The molecule has 0 unspecified atom stereocenters. The van der Waals surface area contributed by atoms with Gasteiger partial charge in [0.1, 0.15) is 35.2 Å². The summed E-state index contributed by atoms with van der Waals surface area (Å²) in [5.74, 6) is -0.375. The lowest BCUT2D eigenvalue weighted by molar-refractivity contribution is -0.144. The van der Waals surface area contributed by atoms with Crippen molar-refractivity contribution in [2.75, 3.05) is 19.8 Å². The van der Waals surface area contributed by atoms with Gasteiger partial charge in [0.15, 0.2) is 23.9 Å². The first-order chi connectivity index (χ1) is 14.8. The highest BCUT2D eigenvalue weighted by Gasteiger charge is 2.26. The lowest BCUT2D eigenvalue weighted by Gasteiger charge is -2.18. The van der Waals surface area contributed by atoms with E-state index in [0.29, 0.717) is 30.2 Å². The second-order valence-electron chi connectivity index (χ2n) is 6.62. The topological polar surface area (TPSA) is 134 Å². The highest BCUT2D eigenvalue weighted by Crippen LogP contribution is 2.30. The summed E-state index contributed by atoms with van der Waals surface area (Å²) < 4.78 is 51.4. The van der Waals surface area contributed by atoms with Gasteiger partial charge in [0, 0.05) is 5.56 Å². The molecule has 2 aromatic carbocycles.